The van der Waals surface area contributed by atoms with E-state index < -0.39 is 17.7 Å². The van der Waals surface area contributed by atoms with Gasteiger partial charge in [-0.1, -0.05) is 13.0 Å². The molecule has 1 aromatic rings. The van der Waals surface area contributed by atoms with Gasteiger partial charge in [0.25, 0.3) is 0 Å². The second kappa shape index (κ2) is 6.78. The van der Waals surface area contributed by atoms with Crippen molar-refractivity contribution in [3.8, 4) is 0 Å². The molecule has 0 amide bonds. The molecule has 2 atom stereocenters. The summed E-state index contributed by atoms with van der Waals surface area (Å²) >= 11 is 0. The highest BCUT2D eigenvalue weighted by atomic mass is 19.1. The lowest BCUT2D eigenvalue weighted by molar-refractivity contribution is 0.0295. The highest BCUT2D eigenvalue weighted by Gasteiger charge is 2.27. The Hall–Kier alpha value is -1.04. The summed E-state index contributed by atoms with van der Waals surface area (Å²) in [6.45, 7) is 5.77. The van der Waals surface area contributed by atoms with Crippen LogP contribution >= 0.6 is 0 Å². The molecule has 102 valence electrons. The molecule has 0 radical (unpaired) electrons. The molecule has 0 aromatic heterocycles. The number of halogens is 2. The molecule has 0 bridgehead atoms. The number of nitrogens with one attached hydrogen (secondary N) is 1. The zero-order chi connectivity index (χ0) is 13.7. The molecular weight excluding hydrogens is 238 g/mol. The second-order valence-corrected chi connectivity index (χ2v) is 4.14. The fourth-order valence-electron chi connectivity index (χ4n) is 2.00. The van der Waals surface area contributed by atoms with Crippen molar-refractivity contribution in [1.29, 1.82) is 0 Å². The van der Waals surface area contributed by atoms with Gasteiger partial charge < -0.3 is 4.74 Å². The molecule has 5 heteroatoms. The molecule has 0 aliphatic rings. The summed E-state index contributed by atoms with van der Waals surface area (Å²) in [4.78, 5) is 0. The first kappa shape index (κ1) is 15.0. The van der Waals surface area contributed by atoms with E-state index in [1.54, 1.807) is 6.92 Å². The first-order valence-corrected chi connectivity index (χ1v) is 6.08. The van der Waals surface area contributed by atoms with Gasteiger partial charge in [-0.25, -0.2) is 8.78 Å². The van der Waals surface area contributed by atoms with Gasteiger partial charge in [-0.05, 0) is 31.9 Å². The number of nitrogens with two attached hydrogens (primary N) is 1. The van der Waals surface area contributed by atoms with Crippen LogP contribution in [0.2, 0.25) is 0 Å². The van der Waals surface area contributed by atoms with Crippen molar-refractivity contribution in [2.24, 2.45) is 5.84 Å². The Morgan fingerprint density at radius 2 is 2.00 bits per heavy atom. The molecule has 0 fully saturated rings. The Labute approximate surface area is 106 Å². The lowest BCUT2D eigenvalue weighted by Gasteiger charge is -2.26. The third-order valence-corrected chi connectivity index (χ3v) is 2.97. The first-order valence-electron chi connectivity index (χ1n) is 6.08. The van der Waals surface area contributed by atoms with Crippen molar-refractivity contribution >= 4 is 0 Å². The van der Waals surface area contributed by atoms with E-state index in [0.717, 1.165) is 0 Å². The monoisotopic (exact) mass is 258 g/mol. The quantitative estimate of drug-likeness (QED) is 0.609. The van der Waals surface area contributed by atoms with Crippen molar-refractivity contribution in [2.75, 3.05) is 6.61 Å². The van der Waals surface area contributed by atoms with Gasteiger partial charge >= 0.3 is 0 Å². The fourth-order valence-corrected chi connectivity index (χ4v) is 2.00. The maximum absolute atomic E-state index is 14.0. The number of benzene rings is 1. The van der Waals surface area contributed by atoms with Crippen LogP contribution in [-0.2, 0) is 4.74 Å². The van der Waals surface area contributed by atoms with Crippen LogP contribution in [0.25, 0.3) is 0 Å². The van der Waals surface area contributed by atoms with Crippen LogP contribution in [0.3, 0.4) is 0 Å². The standard InChI is InChI=1S/C13H20F2N2O/c1-4-10(18-5-2)13(17-16)11-9(14)7-6-8(3)12(11)15/h6-7,10,13,17H,4-5,16H2,1-3H3. The maximum Gasteiger partial charge on any atom is 0.133 e. The van der Waals surface area contributed by atoms with Crippen LogP contribution < -0.4 is 11.3 Å². The summed E-state index contributed by atoms with van der Waals surface area (Å²) in [5, 5.41) is 0. The number of hydrogen-bond donors (Lipinski definition) is 2. The van der Waals surface area contributed by atoms with E-state index in [0.29, 0.717) is 18.6 Å². The van der Waals surface area contributed by atoms with Crippen molar-refractivity contribution in [2.45, 2.75) is 39.3 Å². The van der Waals surface area contributed by atoms with Crippen LogP contribution in [0.1, 0.15) is 37.4 Å². The Morgan fingerprint density at radius 1 is 1.33 bits per heavy atom. The van der Waals surface area contributed by atoms with Gasteiger partial charge in [-0.2, -0.15) is 0 Å². The predicted molar refractivity (Wildman–Crippen MR) is 66.9 cm³/mol. The molecule has 0 aliphatic heterocycles. The van der Waals surface area contributed by atoms with Crippen molar-refractivity contribution in [3.05, 3.63) is 34.9 Å². The highest BCUT2D eigenvalue weighted by Crippen LogP contribution is 2.27. The highest BCUT2D eigenvalue weighted by molar-refractivity contribution is 5.30. The van der Waals surface area contributed by atoms with Gasteiger partial charge in [-0.3, -0.25) is 11.3 Å². The first-order chi connectivity index (χ1) is 8.56. The Bertz CT molecular complexity index is 399. The third kappa shape index (κ3) is 3.04. The van der Waals surface area contributed by atoms with Gasteiger partial charge in [0.15, 0.2) is 0 Å². The van der Waals surface area contributed by atoms with Gasteiger partial charge in [0.1, 0.15) is 11.6 Å². The zero-order valence-corrected chi connectivity index (χ0v) is 11.0. The summed E-state index contributed by atoms with van der Waals surface area (Å²) in [7, 11) is 0. The van der Waals surface area contributed by atoms with E-state index in [9.17, 15) is 8.78 Å². The smallest absolute Gasteiger partial charge is 0.133 e. The van der Waals surface area contributed by atoms with Crippen LogP contribution in [0.5, 0.6) is 0 Å². The fraction of sp³-hybridized carbons (Fsp3) is 0.538. The molecule has 1 aromatic carbocycles. The molecule has 0 aliphatic carbocycles. The number of hydrazine groups is 1. The second-order valence-electron chi connectivity index (χ2n) is 4.14. The average molecular weight is 258 g/mol. The number of hydrogen-bond acceptors (Lipinski definition) is 3. The molecule has 0 heterocycles. The van der Waals surface area contributed by atoms with Crippen LogP contribution in [0.4, 0.5) is 8.78 Å². The Kier molecular flexibility index (Phi) is 5.65. The SMILES string of the molecule is CCOC(CC)C(NN)c1c(F)ccc(C)c1F. The number of ether oxygens (including phenoxy) is 1. The van der Waals surface area contributed by atoms with E-state index in [1.165, 1.54) is 12.1 Å². The van der Waals surface area contributed by atoms with Gasteiger partial charge in [0, 0.05) is 12.2 Å². The minimum Gasteiger partial charge on any atom is -0.376 e. The molecule has 3 N–H and O–H groups in total. The van der Waals surface area contributed by atoms with Crippen molar-refractivity contribution in [3.63, 3.8) is 0 Å². The molecule has 3 nitrogen and oxygen atoms in total. The van der Waals surface area contributed by atoms with Gasteiger partial charge in [-0.15, -0.1) is 0 Å². The lowest BCUT2D eigenvalue weighted by atomic mass is 9.97. The summed E-state index contributed by atoms with van der Waals surface area (Å²) in [6.07, 6.45) is 0.237. The van der Waals surface area contributed by atoms with E-state index >= 15 is 0 Å². The van der Waals surface area contributed by atoms with E-state index in [-0.39, 0.29) is 11.7 Å². The topological polar surface area (TPSA) is 47.3 Å². The van der Waals surface area contributed by atoms with Gasteiger partial charge in [0.2, 0.25) is 0 Å². The number of rotatable bonds is 6. The zero-order valence-electron chi connectivity index (χ0n) is 11.0. The summed E-state index contributed by atoms with van der Waals surface area (Å²) in [6, 6.07) is 1.95. The number of aryl methyl sites for hydroxylation is 1. The molecule has 0 saturated heterocycles. The molecular formula is C13H20F2N2O. The molecule has 2 unspecified atom stereocenters. The molecule has 1 rings (SSSR count). The minimum absolute atomic E-state index is 0.0576. The molecule has 18 heavy (non-hydrogen) atoms. The maximum atomic E-state index is 14.0. The normalized spacial score (nSPS) is 14.6. The van der Waals surface area contributed by atoms with E-state index in [1.807, 2.05) is 13.8 Å². The molecule has 0 spiro atoms. The third-order valence-electron chi connectivity index (χ3n) is 2.97. The largest absolute Gasteiger partial charge is 0.376 e. The van der Waals surface area contributed by atoms with Crippen LogP contribution in [-0.4, -0.2) is 12.7 Å². The van der Waals surface area contributed by atoms with Crippen molar-refractivity contribution < 1.29 is 13.5 Å². The van der Waals surface area contributed by atoms with E-state index in [4.69, 9.17) is 10.6 Å². The van der Waals surface area contributed by atoms with Crippen molar-refractivity contribution in [1.82, 2.24) is 5.43 Å². The Morgan fingerprint density at radius 3 is 2.50 bits per heavy atom. The summed E-state index contributed by atoms with van der Waals surface area (Å²) in [5.74, 6) is 4.25. The predicted octanol–water partition coefficient (Wildman–Crippen LogP) is 2.59. The average Bonchev–Trinajstić information content (AvgIpc) is 2.37. The van der Waals surface area contributed by atoms with Crippen LogP contribution in [0, 0.1) is 18.6 Å². The lowest BCUT2D eigenvalue weighted by Crippen LogP contribution is -2.39. The Balaban J connectivity index is 3.19. The minimum atomic E-state index is -0.699. The summed E-state index contributed by atoms with van der Waals surface area (Å²) in [5.41, 5.74) is 2.79. The molecule has 0 saturated carbocycles. The van der Waals surface area contributed by atoms with Gasteiger partial charge in [0.05, 0.1) is 12.1 Å². The van der Waals surface area contributed by atoms with E-state index in [2.05, 4.69) is 5.43 Å². The summed E-state index contributed by atoms with van der Waals surface area (Å²) < 4.78 is 33.3. The van der Waals surface area contributed by atoms with Crippen LogP contribution in [0.15, 0.2) is 12.1 Å².